The Hall–Kier alpha value is -3.36. The van der Waals surface area contributed by atoms with Crippen molar-refractivity contribution < 1.29 is 14.4 Å². The van der Waals surface area contributed by atoms with Gasteiger partial charge in [-0.1, -0.05) is 11.2 Å². The molecule has 3 N–H and O–H groups in total. The summed E-state index contributed by atoms with van der Waals surface area (Å²) < 4.78 is 1.58. The molecule has 0 saturated heterocycles. The van der Waals surface area contributed by atoms with Crippen LogP contribution in [0.15, 0.2) is 47.9 Å². The van der Waals surface area contributed by atoms with Crippen LogP contribution in [0, 0.1) is 0 Å². The Balaban J connectivity index is 1.84. The summed E-state index contributed by atoms with van der Waals surface area (Å²) in [4.78, 5) is 30.2. The largest absolute Gasteiger partial charge is 0.384 e. The third-order valence-corrected chi connectivity index (χ3v) is 3.06. The topological polar surface area (TPSA) is 115 Å². The molecule has 132 valence electrons. The van der Waals surface area contributed by atoms with Crippen LogP contribution in [0.1, 0.15) is 10.4 Å². The van der Waals surface area contributed by atoms with Gasteiger partial charge in [0.25, 0.3) is 11.8 Å². The van der Waals surface area contributed by atoms with E-state index in [0.29, 0.717) is 11.3 Å². The van der Waals surface area contributed by atoms with Crippen molar-refractivity contribution in [3.63, 3.8) is 0 Å². The van der Waals surface area contributed by atoms with Crippen LogP contribution in [0.4, 0.5) is 5.69 Å². The number of nitrogens with one attached hydrogen (secondary N) is 1. The molecule has 0 atom stereocenters. The fourth-order valence-corrected chi connectivity index (χ4v) is 1.95. The average Bonchev–Trinajstić information content (AvgIpc) is 3.07. The SMILES string of the molecule is CN(C)C(=O)c1cccc(NC(=O)CON=C(N)Cn2cccn2)c1. The maximum absolute atomic E-state index is 11.9. The third-order valence-electron chi connectivity index (χ3n) is 3.06. The molecule has 0 radical (unpaired) electrons. The van der Waals surface area contributed by atoms with Gasteiger partial charge < -0.3 is 20.8 Å². The number of carbonyl (C=O) groups excluding carboxylic acids is 2. The number of carbonyl (C=O) groups is 2. The first kappa shape index (κ1) is 18.0. The number of benzene rings is 1. The van der Waals surface area contributed by atoms with Gasteiger partial charge >= 0.3 is 0 Å². The molecule has 2 amide bonds. The van der Waals surface area contributed by atoms with Crippen LogP contribution in [0.2, 0.25) is 0 Å². The quantitative estimate of drug-likeness (QED) is 0.431. The van der Waals surface area contributed by atoms with Gasteiger partial charge in [0.2, 0.25) is 0 Å². The molecule has 25 heavy (non-hydrogen) atoms. The minimum absolute atomic E-state index is 0.150. The molecule has 1 aromatic heterocycles. The van der Waals surface area contributed by atoms with Gasteiger partial charge in [0.1, 0.15) is 6.54 Å². The average molecular weight is 344 g/mol. The summed E-state index contributed by atoms with van der Waals surface area (Å²) >= 11 is 0. The molecular weight excluding hydrogens is 324 g/mol. The van der Waals surface area contributed by atoms with Crippen molar-refractivity contribution in [1.29, 1.82) is 0 Å². The minimum atomic E-state index is -0.412. The van der Waals surface area contributed by atoms with Gasteiger partial charge in [0.15, 0.2) is 12.4 Å². The predicted molar refractivity (Wildman–Crippen MR) is 92.9 cm³/mol. The normalized spacial score (nSPS) is 11.0. The molecule has 9 nitrogen and oxygen atoms in total. The second kappa shape index (κ2) is 8.48. The molecule has 0 fully saturated rings. The first-order valence-corrected chi connectivity index (χ1v) is 7.49. The van der Waals surface area contributed by atoms with Gasteiger partial charge in [-0.05, 0) is 24.3 Å². The second-order valence-corrected chi connectivity index (χ2v) is 5.39. The van der Waals surface area contributed by atoms with Crippen LogP contribution in [0.3, 0.4) is 0 Å². The van der Waals surface area contributed by atoms with Crippen LogP contribution in [0.25, 0.3) is 0 Å². The molecule has 0 bridgehead atoms. The summed E-state index contributed by atoms with van der Waals surface area (Å²) in [5, 5.41) is 10.3. The molecule has 2 rings (SSSR count). The second-order valence-electron chi connectivity index (χ2n) is 5.39. The number of amides is 2. The van der Waals surface area contributed by atoms with Gasteiger partial charge in [0.05, 0.1) is 0 Å². The van der Waals surface area contributed by atoms with Crippen molar-refractivity contribution in [2.75, 3.05) is 26.0 Å². The molecule has 1 heterocycles. The van der Waals surface area contributed by atoms with E-state index in [0.717, 1.165) is 0 Å². The van der Waals surface area contributed by atoms with Gasteiger partial charge in [-0.25, -0.2) is 0 Å². The Morgan fingerprint density at radius 2 is 2.16 bits per heavy atom. The highest BCUT2D eigenvalue weighted by Gasteiger charge is 2.09. The van der Waals surface area contributed by atoms with E-state index in [9.17, 15) is 9.59 Å². The molecule has 9 heteroatoms. The standard InChI is InChI=1S/C16H20N6O3/c1-21(2)16(24)12-5-3-6-13(9-12)19-15(23)11-25-20-14(17)10-22-8-4-7-18-22/h3-9H,10-11H2,1-2H3,(H2,17,20)(H,19,23). The summed E-state index contributed by atoms with van der Waals surface area (Å²) in [6.07, 6.45) is 3.36. The summed E-state index contributed by atoms with van der Waals surface area (Å²) in [7, 11) is 3.32. The number of hydrogen-bond acceptors (Lipinski definition) is 5. The van der Waals surface area contributed by atoms with E-state index in [2.05, 4.69) is 15.6 Å². The Labute approximate surface area is 145 Å². The summed E-state index contributed by atoms with van der Waals surface area (Å²) in [6, 6.07) is 8.40. The van der Waals surface area contributed by atoms with E-state index in [4.69, 9.17) is 10.6 Å². The van der Waals surface area contributed by atoms with Crippen LogP contribution >= 0.6 is 0 Å². The molecule has 0 saturated carbocycles. The Morgan fingerprint density at radius 1 is 1.36 bits per heavy atom. The summed E-state index contributed by atoms with van der Waals surface area (Å²) in [6.45, 7) is -0.0328. The lowest BCUT2D eigenvalue weighted by molar-refractivity contribution is -0.120. The van der Waals surface area contributed by atoms with Crippen molar-refractivity contribution in [3.8, 4) is 0 Å². The molecular formula is C16H20N6O3. The maximum atomic E-state index is 11.9. The van der Waals surface area contributed by atoms with E-state index in [1.165, 1.54) is 4.90 Å². The highest BCUT2D eigenvalue weighted by molar-refractivity contribution is 5.97. The van der Waals surface area contributed by atoms with Crippen LogP contribution in [0.5, 0.6) is 0 Å². The number of anilines is 1. The Bertz CT molecular complexity index is 755. The smallest absolute Gasteiger partial charge is 0.265 e. The van der Waals surface area contributed by atoms with E-state index >= 15 is 0 Å². The van der Waals surface area contributed by atoms with E-state index in [-0.39, 0.29) is 24.9 Å². The predicted octanol–water partition coefficient (Wildman–Crippen LogP) is 0.512. The summed E-state index contributed by atoms with van der Waals surface area (Å²) in [5.41, 5.74) is 6.65. The Kier molecular flexibility index (Phi) is 6.10. The van der Waals surface area contributed by atoms with E-state index in [1.54, 1.807) is 61.5 Å². The van der Waals surface area contributed by atoms with Crippen molar-refractivity contribution in [2.45, 2.75) is 6.54 Å². The zero-order chi connectivity index (χ0) is 18.2. The van der Waals surface area contributed by atoms with Crippen molar-refractivity contribution in [3.05, 3.63) is 48.3 Å². The number of amidine groups is 1. The van der Waals surface area contributed by atoms with Gasteiger partial charge in [-0.3, -0.25) is 14.3 Å². The van der Waals surface area contributed by atoms with E-state index < -0.39 is 5.91 Å². The van der Waals surface area contributed by atoms with Crippen molar-refractivity contribution in [2.24, 2.45) is 10.9 Å². The van der Waals surface area contributed by atoms with E-state index in [1.807, 2.05) is 0 Å². The molecule has 0 unspecified atom stereocenters. The molecule has 0 aliphatic heterocycles. The number of nitrogens with two attached hydrogens (primary N) is 1. The molecule has 0 spiro atoms. The van der Waals surface area contributed by atoms with Crippen LogP contribution < -0.4 is 11.1 Å². The fourth-order valence-electron chi connectivity index (χ4n) is 1.95. The zero-order valence-corrected chi connectivity index (χ0v) is 14.0. The number of aromatic nitrogens is 2. The van der Waals surface area contributed by atoms with Crippen molar-refractivity contribution >= 4 is 23.3 Å². The Morgan fingerprint density at radius 3 is 2.84 bits per heavy atom. The number of oxime groups is 1. The highest BCUT2D eigenvalue weighted by atomic mass is 16.6. The fraction of sp³-hybridized carbons (Fsp3) is 0.250. The molecule has 2 aromatic rings. The minimum Gasteiger partial charge on any atom is -0.384 e. The summed E-state index contributed by atoms with van der Waals surface area (Å²) in [5.74, 6) is -0.372. The number of rotatable bonds is 7. The number of nitrogens with zero attached hydrogens (tertiary/aromatic N) is 4. The maximum Gasteiger partial charge on any atom is 0.265 e. The number of hydrogen-bond donors (Lipinski definition) is 2. The molecule has 0 aliphatic carbocycles. The molecule has 1 aromatic carbocycles. The first-order chi connectivity index (χ1) is 12.0. The van der Waals surface area contributed by atoms with Crippen LogP contribution in [-0.4, -0.2) is 53.0 Å². The molecule has 0 aliphatic rings. The first-order valence-electron chi connectivity index (χ1n) is 7.49. The van der Waals surface area contributed by atoms with Gasteiger partial charge in [0, 0.05) is 37.7 Å². The monoisotopic (exact) mass is 344 g/mol. The lowest BCUT2D eigenvalue weighted by Crippen LogP contribution is -2.23. The zero-order valence-electron chi connectivity index (χ0n) is 14.0. The lowest BCUT2D eigenvalue weighted by Gasteiger charge is -2.11. The van der Waals surface area contributed by atoms with Gasteiger partial charge in [-0.2, -0.15) is 5.10 Å². The van der Waals surface area contributed by atoms with Gasteiger partial charge in [-0.15, -0.1) is 0 Å². The van der Waals surface area contributed by atoms with Crippen LogP contribution in [-0.2, 0) is 16.2 Å². The lowest BCUT2D eigenvalue weighted by atomic mass is 10.2. The third kappa shape index (κ3) is 5.65. The highest BCUT2D eigenvalue weighted by Crippen LogP contribution is 2.12. The van der Waals surface area contributed by atoms with Crippen molar-refractivity contribution in [1.82, 2.24) is 14.7 Å².